The maximum Gasteiger partial charge on any atom is 0.329 e. The molecule has 1 N–H and O–H groups in total. The van der Waals surface area contributed by atoms with Crippen LogP contribution >= 0.6 is 11.6 Å². The molecule has 156 valence electrons. The fraction of sp³-hybridized carbons (Fsp3) is 0.261. The number of carbonyl (C=O) groups excluding carboxylic acids is 2. The number of esters is 1. The van der Waals surface area contributed by atoms with E-state index in [-0.39, 0.29) is 12.5 Å². The Hall–Kier alpha value is -3.12. The molecule has 0 radical (unpaired) electrons. The Morgan fingerprint density at radius 1 is 1.10 bits per heavy atom. The SMILES string of the molecule is Cc1oc(-c2ccccc2)nc1COC(=O)[C@@H](NC(=O)c1ccccc1Cl)C(C)C. The lowest BCUT2D eigenvalue weighted by atomic mass is 10.0. The zero-order valence-electron chi connectivity index (χ0n) is 17.0. The molecule has 3 rings (SSSR count). The zero-order valence-corrected chi connectivity index (χ0v) is 17.8. The maximum atomic E-state index is 12.7. The van der Waals surface area contributed by atoms with E-state index in [9.17, 15) is 9.59 Å². The Morgan fingerprint density at radius 3 is 2.43 bits per heavy atom. The predicted octanol–water partition coefficient (Wildman–Crippen LogP) is 4.80. The quantitative estimate of drug-likeness (QED) is 0.549. The average molecular weight is 427 g/mol. The first kappa shape index (κ1) is 21.6. The van der Waals surface area contributed by atoms with Gasteiger partial charge in [-0.1, -0.05) is 55.8 Å². The summed E-state index contributed by atoms with van der Waals surface area (Å²) in [6.07, 6.45) is 0. The summed E-state index contributed by atoms with van der Waals surface area (Å²) in [5, 5.41) is 3.03. The molecule has 0 aliphatic heterocycles. The fourth-order valence-corrected chi connectivity index (χ4v) is 3.08. The number of carbonyl (C=O) groups is 2. The van der Waals surface area contributed by atoms with E-state index in [2.05, 4.69) is 10.3 Å². The van der Waals surface area contributed by atoms with Crippen LogP contribution in [0, 0.1) is 12.8 Å². The normalized spacial score (nSPS) is 11.9. The van der Waals surface area contributed by atoms with Crippen LogP contribution in [0.15, 0.2) is 59.0 Å². The van der Waals surface area contributed by atoms with E-state index < -0.39 is 17.9 Å². The van der Waals surface area contributed by atoms with Gasteiger partial charge in [-0.2, -0.15) is 0 Å². The number of benzene rings is 2. The molecule has 1 amide bonds. The van der Waals surface area contributed by atoms with Crippen LogP contribution in [0.1, 0.15) is 35.7 Å². The highest BCUT2D eigenvalue weighted by atomic mass is 35.5. The van der Waals surface area contributed by atoms with Gasteiger partial charge < -0.3 is 14.5 Å². The summed E-state index contributed by atoms with van der Waals surface area (Å²) in [7, 11) is 0. The zero-order chi connectivity index (χ0) is 21.7. The minimum absolute atomic E-state index is 0.0494. The molecule has 0 saturated carbocycles. The number of hydrogen-bond donors (Lipinski definition) is 1. The molecule has 0 fully saturated rings. The van der Waals surface area contributed by atoms with Crippen molar-refractivity contribution in [3.8, 4) is 11.5 Å². The van der Waals surface area contributed by atoms with Crippen LogP contribution in [0.3, 0.4) is 0 Å². The molecule has 0 aliphatic rings. The van der Waals surface area contributed by atoms with Crippen LogP contribution in [0.25, 0.3) is 11.5 Å². The lowest BCUT2D eigenvalue weighted by Gasteiger charge is -2.21. The average Bonchev–Trinajstić information content (AvgIpc) is 3.11. The van der Waals surface area contributed by atoms with Gasteiger partial charge in [0.1, 0.15) is 24.1 Å². The first-order valence-electron chi connectivity index (χ1n) is 9.60. The van der Waals surface area contributed by atoms with Crippen molar-refractivity contribution in [1.82, 2.24) is 10.3 Å². The highest BCUT2D eigenvalue weighted by Crippen LogP contribution is 2.22. The molecule has 0 saturated heterocycles. The van der Waals surface area contributed by atoms with Gasteiger partial charge in [-0.25, -0.2) is 9.78 Å². The molecular weight excluding hydrogens is 404 g/mol. The van der Waals surface area contributed by atoms with Crippen molar-refractivity contribution in [3.63, 3.8) is 0 Å². The second-order valence-electron chi connectivity index (χ2n) is 7.17. The Kier molecular flexibility index (Phi) is 6.90. The third kappa shape index (κ3) is 5.07. The third-order valence-corrected chi connectivity index (χ3v) is 4.92. The molecule has 7 heteroatoms. The smallest absolute Gasteiger partial charge is 0.329 e. The van der Waals surface area contributed by atoms with Crippen molar-refractivity contribution in [1.29, 1.82) is 0 Å². The summed E-state index contributed by atoms with van der Waals surface area (Å²) >= 11 is 6.08. The van der Waals surface area contributed by atoms with E-state index in [1.54, 1.807) is 31.2 Å². The predicted molar refractivity (Wildman–Crippen MR) is 114 cm³/mol. The summed E-state index contributed by atoms with van der Waals surface area (Å²) in [5.74, 6) is -0.119. The molecule has 6 nitrogen and oxygen atoms in total. The summed E-state index contributed by atoms with van der Waals surface area (Å²) in [5.41, 5.74) is 1.67. The van der Waals surface area contributed by atoms with Crippen LogP contribution in [0.5, 0.6) is 0 Å². The number of halogens is 1. The van der Waals surface area contributed by atoms with E-state index >= 15 is 0 Å². The molecule has 0 bridgehead atoms. The van der Waals surface area contributed by atoms with Gasteiger partial charge in [0.15, 0.2) is 0 Å². The minimum Gasteiger partial charge on any atom is -0.457 e. The van der Waals surface area contributed by atoms with Crippen LogP contribution < -0.4 is 5.32 Å². The number of nitrogens with one attached hydrogen (secondary N) is 1. The number of ether oxygens (including phenoxy) is 1. The molecule has 1 heterocycles. The fourth-order valence-electron chi connectivity index (χ4n) is 2.86. The highest BCUT2D eigenvalue weighted by Gasteiger charge is 2.27. The Balaban J connectivity index is 1.67. The summed E-state index contributed by atoms with van der Waals surface area (Å²) in [4.78, 5) is 29.6. The summed E-state index contributed by atoms with van der Waals surface area (Å²) < 4.78 is 11.1. The van der Waals surface area contributed by atoms with Crippen molar-refractivity contribution in [2.24, 2.45) is 5.92 Å². The second-order valence-corrected chi connectivity index (χ2v) is 7.58. The molecule has 1 atom stereocenters. The van der Waals surface area contributed by atoms with Crippen molar-refractivity contribution < 1.29 is 18.7 Å². The molecule has 0 aliphatic carbocycles. The number of oxazole rings is 1. The Morgan fingerprint density at radius 2 is 1.77 bits per heavy atom. The monoisotopic (exact) mass is 426 g/mol. The van der Waals surface area contributed by atoms with E-state index in [4.69, 9.17) is 20.8 Å². The lowest BCUT2D eigenvalue weighted by Crippen LogP contribution is -2.45. The number of aryl methyl sites for hydroxylation is 1. The number of nitrogens with zero attached hydrogens (tertiary/aromatic N) is 1. The summed E-state index contributed by atoms with van der Waals surface area (Å²) in [6, 6.07) is 15.3. The van der Waals surface area contributed by atoms with Crippen molar-refractivity contribution in [2.75, 3.05) is 0 Å². The van der Waals surface area contributed by atoms with Crippen molar-refractivity contribution in [2.45, 2.75) is 33.4 Å². The highest BCUT2D eigenvalue weighted by molar-refractivity contribution is 6.33. The largest absolute Gasteiger partial charge is 0.457 e. The minimum atomic E-state index is -0.824. The Labute approximate surface area is 180 Å². The standard InChI is InChI=1S/C23H23ClN2O4/c1-14(2)20(26-21(27)17-11-7-8-12-18(17)24)23(28)29-13-19-15(3)30-22(25-19)16-9-5-4-6-10-16/h4-12,14,20H,13H2,1-3H3,(H,26,27)/t20-/m0/s1. The lowest BCUT2D eigenvalue weighted by molar-refractivity contribution is -0.148. The number of amides is 1. The van der Waals surface area contributed by atoms with E-state index in [1.165, 1.54) is 0 Å². The van der Waals surface area contributed by atoms with Gasteiger partial charge in [0.05, 0.1) is 10.6 Å². The van der Waals surface area contributed by atoms with Gasteiger partial charge in [0.25, 0.3) is 5.91 Å². The molecule has 2 aromatic carbocycles. The molecule has 3 aromatic rings. The van der Waals surface area contributed by atoms with Crippen molar-refractivity contribution in [3.05, 3.63) is 76.6 Å². The number of aromatic nitrogens is 1. The first-order chi connectivity index (χ1) is 14.4. The second kappa shape index (κ2) is 9.59. The van der Waals surface area contributed by atoms with Crippen molar-refractivity contribution >= 4 is 23.5 Å². The third-order valence-electron chi connectivity index (χ3n) is 4.59. The van der Waals surface area contributed by atoms with Gasteiger partial charge in [-0.3, -0.25) is 4.79 Å². The molecular formula is C23H23ClN2O4. The number of hydrogen-bond acceptors (Lipinski definition) is 5. The first-order valence-corrected chi connectivity index (χ1v) is 9.98. The van der Waals surface area contributed by atoms with Gasteiger partial charge in [0, 0.05) is 5.56 Å². The van der Waals surface area contributed by atoms with Crippen LogP contribution in [-0.4, -0.2) is 22.9 Å². The van der Waals surface area contributed by atoms with Gasteiger partial charge >= 0.3 is 5.97 Å². The Bertz CT molecular complexity index is 1030. The molecule has 30 heavy (non-hydrogen) atoms. The summed E-state index contributed by atoms with van der Waals surface area (Å²) in [6.45, 7) is 5.37. The van der Waals surface area contributed by atoms with Crippen LogP contribution in [0.4, 0.5) is 0 Å². The van der Waals surface area contributed by atoms with E-state index in [0.717, 1.165) is 5.56 Å². The molecule has 1 aromatic heterocycles. The number of rotatable bonds is 7. The van der Waals surface area contributed by atoms with Crippen LogP contribution in [0.2, 0.25) is 5.02 Å². The van der Waals surface area contributed by atoms with Gasteiger partial charge in [-0.05, 0) is 37.1 Å². The topological polar surface area (TPSA) is 81.4 Å². The van der Waals surface area contributed by atoms with Crippen LogP contribution in [-0.2, 0) is 16.1 Å². The van der Waals surface area contributed by atoms with Gasteiger partial charge in [-0.15, -0.1) is 0 Å². The molecule has 0 spiro atoms. The van der Waals surface area contributed by atoms with Gasteiger partial charge in [0.2, 0.25) is 5.89 Å². The van der Waals surface area contributed by atoms with E-state index in [1.807, 2.05) is 44.2 Å². The molecule has 0 unspecified atom stereocenters. The van der Waals surface area contributed by atoms with E-state index in [0.29, 0.717) is 27.9 Å². The maximum absolute atomic E-state index is 12.7.